The van der Waals surface area contributed by atoms with E-state index in [9.17, 15) is 5.11 Å². The van der Waals surface area contributed by atoms with Crippen molar-refractivity contribution in [3.05, 3.63) is 47.5 Å². The lowest BCUT2D eigenvalue weighted by Gasteiger charge is -2.31. The molecule has 0 saturated carbocycles. The molecule has 0 spiro atoms. The smallest absolute Gasteiger partial charge is 0.161 e. The van der Waals surface area contributed by atoms with Crippen LogP contribution >= 0.6 is 0 Å². The van der Waals surface area contributed by atoms with Crippen LogP contribution in [0.5, 0.6) is 23.0 Å². The largest absolute Gasteiger partial charge is 0.497 e. The topological polar surface area (TPSA) is 57.2 Å². The van der Waals surface area contributed by atoms with E-state index in [4.69, 9.17) is 20.3 Å². The number of hydrogen-bond donors (Lipinski definition) is 1. The first-order valence-corrected chi connectivity index (χ1v) is 7.26. The zero-order chi connectivity index (χ0) is 17.3. The van der Waals surface area contributed by atoms with Crippen LogP contribution in [0.3, 0.4) is 0 Å². The molecule has 1 N–H and O–H groups in total. The maximum atomic E-state index is 10.5. The molecule has 0 bridgehead atoms. The first-order valence-electron chi connectivity index (χ1n) is 7.83. The average molecular weight is 317 g/mol. The van der Waals surface area contributed by atoms with E-state index in [-0.39, 0.29) is 0 Å². The van der Waals surface area contributed by atoms with Crippen molar-refractivity contribution in [1.82, 2.24) is 0 Å². The van der Waals surface area contributed by atoms with E-state index in [0.29, 0.717) is 34.1 Å². The van der Waals surface area contributed by atoms with Gasteiger partial charge < -0.3 is 24.1 Å². The van der Waals surface area contributed by atoms with Crippen LogP contribution in [-0.2, 0) is 6.40 Å². The number of methoxy groups -OCH3 is 3. The molecule has 2 aromatic rings. The second-order valence-corrected chi connectivity index (χ2v) is 5.21. The molecule has 122 valence electrons. The molecule has 3 atom stereocenters. The highest BCUT2D eigenvalue weighted by Crippen LogP contribution is 2.39. The van der Waals surface area contributed by atoms with Crippen LogP contribution in [0, 0.1) is 0 Å². The summed E-state index contributed by atoms with van der Waals surface area (Å²) in [5, 5.41) is 10.5. The summed E-state index contributed by atoms with van der Waals surface area (Å²) in [4.78, 5) is 0. The van der Waals surface area contributed by atoms with Crippen molar-refractivity contribution in [2.24, 2.45) is 0 Å². The quantitative estimate of drug-likeness (QED) is 0.939. The minimum atomic E-state index is -0.996. The molecule has 5 heteroatoms. The fourth-order valence-electron chi connectivity index (χ4n) is 2.65. The second kappa shape index (κ2) is 6.38. The summed E-state index contributed by atoms with van der Waals surface area (Å²) in [5.74, 6) is 2.32. The fraction of sp³-hybridized carbons (Fsp3) is 0.333. The molecular formula is C18H20O5. The van der Waals surface area contributed by atoms with Crippen LogP contribution in [0.25, 0.3) is 0 Å². The SMILES string of the molecule is [2H][C@H]1c2ccc(OC)cc2O[C@H](c2ccc(OC)c(OC)c2)[C@@H]1O. The summed E-state index contributed by atoms with van der Waals surface area (Å²) >= 11 is 0. The molecule has 0 aromatic heterocycles. The zero-order valence-electron chi connectivity index (χ0n) is 14.3. The third-order valence-corrected chi connectivity index (χ3v) is 3.87. The van der Waals surface area contributed by atoms with Crippen molar-refractivity contribution < 1.29 is 25.4 Å². The normalized spacial score (nSPS) is 23.3. The van der Waals surface area contributed by atoms with Crippen molar-refractivity contribution in [1.29, 1.82) is 0 Å². The number of hydrogen-bond acceptors (Lipinski definition) is 5. The van der Waals surface area contributed by atoms with Gasteiger partial charge in [0.15, 0.2) is 11.5 Å². The van der Waals surface area contributed by atoms with E-state index in [0.717, 1.165) is 0 Å². The summed E-state index contributed by atoms with van der Waals surface area (Å²) in [7, 11) is 4.68. The molecule has 1 heterocycles. The Labute approximate surface area is 136 Å². The number of rotatable bonds is 4. The predicted molar refractivity (Wildman–Crippen MR) is 85.6 cm³/mol. The Morgan fingerprint density at radius 1 is 1.04 bits per heavy atom. The van der Waals surface area contributed by atoms with Gasteiger partial charge in [-0.1, -0.05) is 12.1 Å². The zero-order valence-corrected chi connectivity index (χ0v) is 13.3. The molecule has 0 unspecified atom stereocenters. The maximum absolute atomic E-state index is 10.5. The number of benzene rings is 2. The average Bonchev–Trinajstić information content (AvgIpc) is 2.63. The molecule has 0 saturated heterocycles. The van der Waals surface area contributed by atoms with Gasteiger partial charge in [-0.05, 0) is 29.3 Å². The summed E-state index contributed by atoms with van der Waals surface area (Å²) in [6, 6.07) is 10.5. The summed E-state index contributed by atoms with van der Waals surface area (Å²) in [5.41, 5.74) is 1.35. The van der Waals surface area contributed by atoms with Crippen molar-refractivity contribution in [3.8, 4) is 23.0 Å². The summed E-state index contributed by atoms with van der Waals surface area (Å²) in [6.07, 6.45) is -2.48. The molecule has 3 rings (SSSR count). The molecular weight excluding hydrogens is 296 g/mol. The summed E-state index contributed by atoms with van der Waals surface area (Å²) < 4.78 is 30.0. The fourth-order valence-corrected chi connectivity index (χ4v) is 2.65. The lowest BCUT2D eigenvalue weighted by atomic mass is 9.94. The van der Waals surface area contributed by atoms with Gasteiger partial charge in [-0.2, -0.15) is 0 Å². The highest BCUT2D eigenvalue weighted by molar-refractivity contribution is 5.46. The number of fused-ring (bicyclic) bond motifs is 1. The van der Waals surface area contributed by atoms with Crippen LogP contribution in [0.4, 0.5) is 0 Å². The first kappa shape index (κ1) is 14.2. The van der Waals surface area contributed by atoms with Gasteiger partial charge in [0.2, 0.25) is 0 Å². The van der Waals surface area contributed by atoms with Crippen molar-refractivity contribution in [3.63, 3.8) is 0 Å². The van der Waals surface area contributed by atoms with E-state index >= 15 is 0 Å². The Hall–Kier alpha value is -2.40. The molecule has 0 fully saturated rings. The number of aliphatic hydroxyl groups is 1. The minimum absolute atomic E-state index is 0.541. The summed E-state index contributed by atoms with van der Waals surface area (Å²) in [6.45, 7) is 0. The van der Waals surface area contributed by atoms with Crippen LogP contribution in [0.15, 0.2) is 36.4 Å². The molecule has 5 nitrogen and oxygen atoms in total. The molecule has 2 aromatic carbocycles. The molecule has 1 aliphatic heterocycles. The molecule has 0 radical (unpaired) electrons. The van der Waals surface area contributed by atoms with Crippen LogP contribution in [0.2, 0.25) is 0 Å². The van der Waals surface area contributed by atoms with Crippen LogP contribution in [0.1, 0.15) is 18.6 Å². The van der Waals surface area contributed by atoms with E-state index in [1.165, 1.54) is 0 Å². The van der Waals surface area contributed by atoms with Crippen molar-refractivity contribution >= 4 is 0 Å². The van der Waals surface area contributed by atoms with E-state index in [1.807, 2.05) is 0 Å². The van der Waals surface area contributed by atoms with Crippen molar-refractivity contribution in [2.45, 2.75) is 18.6 Å². The van der Waals surface area contributed by atoms with Gasteiger partial charge in [-0.15, -0.1) is 0 Å². The van der Waals surface area contributed by atoms with Crippen molar-refractivity contribution in [2.75, 3.05) is 21.3 Å². The van der Waals surface area contributed by atoms with Crippen LogP contribution < -0.4 is 18.9 Å². The Morgan fingerprint density at radius 2 is 1.83 bits per heavy atom. The maximum Gasteiger partial charge on any atom is 0.161 e. The Morgan fingerprint density at radius 3 is 2.52 bits per heavy atom. The Bertz CT molecular complexity index is 733. The van der Waals surface area contributed by atoms with Gasteiger partial charge in [-0.3, -0.25) is 0 Å². The highest BCUT2D eigenvalue weighted by Gasteiger charge is 2.30. The molecule has 0 amide bonds. The predicted octanol–water partition coefficient (Wildman–Crippen LogP) is 2.75. The van der Waals surface area contributed by atoms with Gasteiger partial charge in [-0.25, -0.2) is 0 Å². The second-order valence-electron chi connectivity index (χ2n) is 5.21. The van der Waals surface area contributed by atoms with E-state index in [2.05, 4.69) is 0 Å². The van der Waals surface area contributed by atoms with Gasteiger partial charge in [0.1, 0.15) is 17.6 Å². The van der Waals surface area contributed by atoms with Gasteiger partial charge in [0, 0.05) is 13.8 Å². The van der Waals surface area contributed by atoms with Gasteiger partial charge in [0.05, 0.1) is 27.4 Å². The third kappa shape index (κ3) is 2.92. The van der Waals surface area contributed by atoms with Gasteiger partial charge >= 0.3 is 0 Å². The van der Waals surface area contributed by atoms with E-state index in [1.54, 1.807) is 57.7 Å². The Kier molecular flexibility index (Phi) is 3.94. The van der Waals surface area contributed by atoms with Crippen LogP contribution in [-0.4, -0.2) is 32.5 Å². The highest BCUT2D eigenvalue weighted by atomic mass is 16.5. The molecule has 0 aliphatic carbocycles. The number of aliphatic hydroxyl groups excluding tert-OH is 1. The minimum Gasteiger partial charge on any atom is -0.497 e. The Balaban J connectivity index is 1.99. The lowest BCUT2D eigenvalue weighted by Crippen LogP contribution is -2.30. The monoisotopic (exact) mass is 317 g/mol. The third-order valence-electron chi connectivity index (χ3n) is 3.87. The number of ether oxygens (including phenoxy) is 4. The lowest BCUT2D eigenvalue weighted by molar-refractivity contribution is 0.0205. The molecule has 1 aliphatic rings. The van der Waals surface area contributed by atoms with E-state index < -0.39 is 18.6 Å². The first-order chi connectivity index (χ1) is 11.6. The molecule has 23 heavy (non-hydrogen) atoms. The van der Waals surface area contributed by atoms with Gasteiger partial charge in [0.25, 0.3) is 0 Å². The standard InChI is InChI=1S/C18H20O5/c1-20-13-6-4-11-8-14(19)18(23-16(11)10-13)12-5-7-15(21-2)17(9-12)22-3/h4-7,9-10,14,18-19H,8H2,1-3H3/t14-,18-/m1/s1/i8D/t8-,14+,18+/m0.